The second-order valence-electron chi connectivity index (χ2n) is 7.22. The quantitative estimate of drug-likeness (QED) is 0.758. The lowest BCUT2D eigenvalue weighted by molar-refractivity contribution is -0.119. The number of hydrogen-bond donors (Lipinski definition) is 3. The Hall–Kier alpha value is -2.02. The molecule has 2 saturated heterocycles. The van der Waals surface area contributed by atoms with Gasteiger partial charge in [-0.15, -0.1) is 11.8 Å². The molecule has 6 heteroatoms. The zero-order valence-electron chi connectivity index (χ0n) is 15.6. The molecule has 2 fully saturated rings. The Morgan fingerprint density at radius 1 is 1.11 bits per heavy atom. The third kappa shape index (κ3) is 3.98. The molecule has 5 nitrogen and oxygen atoms in total. The molecule has 27 heavy (non-hydrogen) atoms. The summed E-state index contributed by atoms with van der Waals surface area (Å²) in [5.41, 5.74) is 10.1. The standard InChI is InChI=1S/C21H25N3O2S/c1-13-5-3-4-6-16(13)11-26-17-9-7-15(8-10-17)20-19-14(2)23-24-21(19)22-18(25)12-27-20/h3-10,14,19-21,23-24H,11-12H2,1-2H3,(H,22,25). The minimum atomic E-state index is -0.0375. The summed E-state index contributed by atoms with van der Waals surface area (Å²) in [6, 6.07) is 16.9. The Bertz CT molecular complexity index is 811. The summed E-state index contributed by atoms with van der Waals surface area (Å²) in [7, 11) is 0. The highest BCUT2D eigenvalue weighted by molar-refractivity contribution is 8.00. The summed E-state index contributed by atoms with van der Waals surface area (Å²) in [6.07, 6.45) is -0.0375. The maximum Gasteiger partial charge on any atom is 0.231 e. The van der Waals surface area contributed by atoms with Crippen LogP contribution in [0.5, 0.6) is 5.75 Å². The van der Waals surface area contributed by atoms with Crippen molar-refractivity contribution in [1.29, 1.82) is 0 Å². The average molecular weight is 384 g/mol. The normalized spacial score (nSPS) is 27.6. The van der Waals surface area contributed by atoms with Crippen LogP contribution in [0.25, 0.3) is 0 Å². The van der Waals surface area contributed by atoms with Gasteiger partial charge in [-0.2, -0.15) is 0 Å². The second-order valence-corrected chi connectivity index (χ2v) is 8.35. The summed E-state index contributed by atoms with van der Waals surface area (Å²) < 4.78 is 5.97. The third-order valence-electron chi connectivity index (χ3n) is 5.35. The Morgan fingerprint density at radius 3 is 2.67 bits per heavy atom. The monoisotopic (exact) mass is 383 g/mol. The third-order valence-corrected chi connectivity index (χ3v) is 6.73. The lowest BCUT2D eigenvalue weighted by Gasteiger charge is -2.27. The number of rotatable bonds is 4. The van der Waals surface area contributed by atoms with Crippen molar-refractivity contribution >= 4 is 17.7 Å². The van der Waals surface area contributed by atoms with Gasteiger partial charge in [0.2, 0.25) is 5.91 Å². The van der Waals surface area contributed by atoms with Crippen LogP contribution in [0.3, 0.4) is 0 Å². The predicted octanol–water partition coefficient (Wildman–Crippen LogP) is 2.92. The van der Waals surface area contributed by atoms with Gasteiger partial charge in [0.05, 0.1) is 11.9 Å². The highest BCUT2D eigenvalue weighted by atomic mass is 32.2. The molecular formula is C21H25N3O2S. The predicted molar refractivity (Wildman–Crippen MR) is 108 cm³/mol. The van der Waals surface area contributed by atoms with Crippen molar-refractivity contribution in [2.75, 3.05) is 5.75 Å². The lowest BCUT2D eigenvalue weighted by atomic mass is 9.91. The maximum atomic E-state index is 12.0. The fourth-order valence-electron chi connectivity index (χ4n) is 3.77. The minimum absolute atomic E-state index is 0.0375. The molecule has 4 unspecified atom stereocenters. The van der Waals surface area contributed by atoms with E-state index in [1.807, 2.05) is 24.3 Å². The van der Waals surface area contributed by atoms with Crippen molar-refractivity contribution in [3.05, 3.63) is 65.2 Å². The van der Waals surface area contributed by atoms with E-state index in [1.54, 1.807) is 11.8 Å². The van der Waals surface area contributed by atoms with Gasteiger partial charge < -0.3 is 10.1 Å². The van der Waals surface area contributed by atoms with Crippen molar-refractivity contribution in [3.63, 3.8) is 0 Å². The second kappa shape index (κ2) is 7.92. The van der Waals surface area contributed by atoms with E-state index < -0.39 is 0 Å². The van der Waals surface area contributed by atoms with Gasteiger partial charge in [-0.05, 0) is 42.7 Å². The summed E-state index contributed by atoms with van der Waals surface area (Å²) in [5.74, 6) is 1.72. The van der Waals surface area contributed by atoms with Crippen molar-refractivity contribution < 1.29 is 9.53 Å². The van der Waals surface area contributed by atoms with E-state index in [0.717, 1.165) is 5.75 Å². The Labute approximate surface area is 164 Å². The number of carbonyl (C=O) groups is 1. The summed E-state index contributed by atoms with van der Waals surface area (Å²) in [4.78, 5) is 12.0. The van der Waals surface area contributed by atoms with E-state index in [9.17, 15) is 4.79 Å². The first-order valence-electron chi connectivity index (χ1n) is 9.31. The van der Waals surface area contributed by atoms with Crippen LogP contribution in [0.1, 0.15) is 28.9 Å². The zero-order valence-corrected chi connectivity index (χ0v) is 16.4. The molecule has 0 bridgehead atoms. The van der Waals surface area contributed by atoms with Gasteiger partial charge in [-0.1, -0.05) is 36.4 Å². The van der Waals surface area contributed by atoms with Crippen LogP contribution in [-0.4, -0.2) is 23.9 Å². The molecule has 2 aromatic carbocycles. The van der Waals surface area contributed by atoms with Gasteiger partial charge in [0.25, 0.3) is 0 Å². The summed E-state index contributed by atoms with van der Waals surface area (Å²) in [5, 5.41) is 3.32. The van der Waals surface area contributed by atoms with Crippen LogP contribution in [0.15, 0.2) is 48.5 Å². The van der Waals surface area contributed by atoms with Crippen LogP contribution >= 0.6 is 11.8 Å². The van der Waals surface area contributed by atoms with Gasteiger partial charge in [0, 0.05) is 17.2 Å². The smallest absolute Gasteiger partial charge is 0.231 e. The molecule has 4 rings (SSSR count). The number of ether oxygens (including phenoxy) is 1. The molecule has 0 aromatic heterocycles. The van der Waals surface area contributed by atoms with Gasteiger partial charge in [-0.3, -0.25) is 10.2 Å². The molecule has 3 N–H and O–H groups in total. The molecule has 142 valence electrons. The molecule has 1 amide bonds. The Balaban J connectivity index is 1.48. The topological polar surface area (TPSA) is 62.4 Å². The number of hydrogen-bond acceptors (Lipinski definition) is 5. The fourth-order valence-corrected chi connectivity index (χ4v) is 5.15. The van der Waals surface area contributed by atoms with Crippen LogP contribution < -0.4 is 20.9 Å². The number of amides is 1. The van der Waals surface area contributed by atoms with Gasteiger partial charge >= 0.3 is 0 Å². The van der Waals surface area contributed by atoms with Gasteiger partial charge in [0.1, 0.15) is 12.4 Å². The molecule has 4 atom stereocenters. The van der Waals surface area contributed by atoms with Gasteiger partial charge in [0.15, 0.2) is 0 Å². The lowest BCUT2D eigenvalue weighted by Crippen LogP contribution is -2.46. The Morgan fingerprint density at radius 2 is 1.89 bits per heavy atom. The van der Waals surface area contributed by atoms with Crippen molar-refractivity contribution in [2.45, 2.75) is 37.9 Å². The van der Waals surface area contributed by atoms with Crippen LogP contribution in [-0.2, 0) is 11.4 Å². The van der Waals surface area contributed by atoms with Crippen LogP contribution in [0.4, 0.5) is 0 Å². The average Bonchev–Trinajstić information content (AvgIpc) is 2.93. The van der Waals surface area contributed by atoms with Crippen LogP contribution in [0.2, 0.25) is 0 Å². The number of thioether (sulfide) groups is 1. The molecule has 2 aliphatic heterocycles. The number of carbonyl (C=O) groups excluding carboxylic acids is 1. The van der Waals surface area contributed by atoms with E-state index in [2.05, 4.69) is 54.3 Å². The number of aryl methyl sites for hydroxylation is 1. The SMILES string of the molecule is Cc1ccccc1COc1ccc(C2SCC(=O)NC3NNC(C)C32)cc1. The van der Waals surface area contributed by atoms with E-state index in [4.69, 9.17) is 4.74 Å². The van der Waals surface area contributed by atoms with Crippen molar-refractivity contribution in [3.8, 4) is 5.75 Å². The summed E-state index contributed by atoms with van der Waals surface area (Å²) in [6.45, 7) is 4.82. The van der Waals surface area contributed by atoms with E-state index >= 15 is 0 Å². The molecule has 2 heterocycles. The molecule has 2 aliphatic rings. The van der Waals surface area contributed by atoms with Crippen LogP contribution in [0, 0.1) is 12.8 Å². The largest absolute Gasteiger partial charge is 0.489 e. The van der Waals surface area contributed by atoms with E-state index in [0.29, 0.717) is 18.3 Å². The molecule has 0 radical (unpaired) electrons. The molecule has 0 spiro atoms. The fraction of sp³-hybridized carbons (Fsp3) is 0.381. The minimum Gasteiger partial charge on any atom is -0.489 e. The van der Waals surface area contributed by atoms with E-state index in [1.165, 1.54) is 16.7 Å². The number of fused-ring (bicyclic) bond motifs is 1. The first-order chi connectivity index (χ1) is 13.1. The van der Waals surface area contributed by atoms with Crippen molar-refractivity contribution in [1.82, 2.24) is 16.2 Å². The highest BCUT2D eigenvalue weighted by Crippen LogP contribution is 2.42. The highest BCUT2D eigenvalue weighted by Gasteiger charge is 2.42. The van der Waals surface area contributed by atoms with E-state index in [-0.39, 0.29) is 23.4 Å². The number of nitrogens with one attached hydrogen (secondary N) is 3. The summed E-state index contributed by atoms with van der Waals surface area (Å²) >= 11 is 1.71. The maximum absolute atomic E-state index is 12.0. The van der Waals surface area contributed by atoms with Crippen molar-refractivity contribution in [2.24, 2.45) is 5.92 Å². The number of hydrazine groups is 1. The first-order valence-corrected chi connectivity index (χ1v) is 10.4. The molecule has 0 saturated carbocycles. The Kier molecular flexibility index (Phi) is 5.38. The number of benzene rings is 2. The molecular weight excluding hydrogens is 358 g/mol. The molecule has 2 aromatic rings. The zero-order chi connectivity index (χ0) is 18.8. The molecule has 0 aliphatic carbocycles. The van der Waals surface area contributed by atoms with Gasteiger partial charge in [-0.25, -0.2) is 5.43 Å². The first kappa shape index (κ1) is 18.3.